The summed E-state index contributed by atoms with van der Waals surface area (Å²) in [6.07, 6.45) is 6.73. The average Bonchev–Trinajstić information content (AvgIpc) is 3.05. The smallest absolute Gasteiger partial charge is 0.293 e. The number of nitro benzene ring substituents is 1. The minimum absolute atomic E-state index is 0.0376. The van der Waals surface area contributed by atoms with Gasteiger partial charge in [-0.3, -0.25) is 29.4 Å². The van der Waals surface area contributed by atoms with Crippen molar-refractivity contribution in [2.45, 2.75) is 0 Å². The molecule has 33 heavy (non-hydrogen) atoms. The van der Waals surface area contributed by atoms with Crippen LogP contribution in [0.5, 0.6) is 11.5 Å². The fraction of sp³-hybridized carbons (Fsp3) is 0.136. The molecule has 2 aromatic rings. The second kappa shape index (κ2) is 10.3. The molecule has 0 radical (unpaired) electrons. The number of terminal acetylenes is 1. The van der Waals surface area contributed by atoms with Crippen LogP contribution in [0, 0.1) is 22.5 Å². The number of Topliss-reactive ketones (excluding diaryl/α,β-unsaturated/α-hetero) is 1. The zero-order chi connectivity index (χ0) is 24.1. The molecule has 0 aromatic heterocycles. The molecule has 1 heterocycles. The van der Waals surface area contributed by atoms with Gasteiger partial charge in [-0.25, -0.2) is 0 Å². The molecule has 3 rings (SSSR count). The summed E-state index contributed by atoms with van der Waals surface area (Å²) in [5, 5.41) is 10.1. The highest BCUT2D eigenvalue weighted by molar-refractivity contribution is 9.10. The minimum atomic E-state index is -0.651. The van der Waals surface area contributed by atoms with Crippen LogP contribution in [0.15, 0.2) is 45.8 Å². The van der Waals surface area contributed by atoms with E-state index in [1.54, 1.807) is 12.1 Å². The Bertz CT molecular complexity index is 1220. The van der Waals surface area contributed by atoms with Crippen LogP contribution in [0.4, 0.5) is 10.5 Å². The van der Waals surface area contributed by atoms with Crippen molar-refractivity contribution in [3.8, 4) is 23.8 Å². The Morgan fingerprint density at radius 1 is 1.30 bits per heavy atom. The van der Waals surface area contributed by atoms with Gasteiger partial charge in [-0.1, -0.05) is 21.9 Å². The third-order valence-corrected chi connectivity index (χ3v) is 5.80. The van der Waals surface area contributed by atoms with Crippen LogP contribution in [0.25, 0.3) is 6.08 Å². The van der Waals surface area contributed by atoms with E-state index in [2.05, 4.69) is 21.9 Å². The molecule has 9 nitrogen and oxygen atoms in total. The van der Waals surface area contributed by atoms with Crippen molar-refractivity contribution in [1.29, 1.82) is 0 Å². The van der Waals surface area contributed by atoms with Crippen molar-refractivity contribution in [2.75, 3.05) is 20.3 Å². The number of rotatable bonds is 8. The molecule has 1 aliphatic heterocycles. The Balaban J connectivity index is 1.85. The Kier molecular flexibility index (Phi) is 7.52. The summed E-state index contributed by atoms with van der Waals surface area (Å²) in [6, 6.07) is 8.25. The third-order valence-electron chi connectivity index (χ3n) is 4.43. The second-order valence-corrected chi connectivity index (χ2v) is 8.42. The first kappa shape index (κ1) is 24.0. The molecule has 0 atom stereocenters. The Labute approximate surface area is 201 Å². The third kappa shape index (κ3) is 5.42. The molecule has 0 unspecified atom stereocenters. The number of carbonyl (C=O) groups excluding carboxylic acids is 3. The molecule has 0 bridgehead atoms. The SMILES string of the molecule is C#CCOc1c(/C=C2/SC(=O)N(CC(=O)c3ccc([N+](=O)[O-])cc3)C2=O)cc(Br)cc1OC. The topological polar surface area (TPSA) is 116 Å². The molecule has 0 saturated carbocycles. The van der Waals surface area contributed by atoms with Gasteiger partial charge < -0.3 is 9.47 Å². The predicted octanol–water partition coefficient (Wildman–Crippen LogP) is 4.30. The van der Waals surface area contributed by atoms with Crippen LogP contribution in [0.1, 0.15) is 15.9 Å². The van der Waals surface area contributed by atoms with E-state index in [0.717, 1.165) is 4.90 Å². The fourth-order valence-corrected chi connectivity index (χ4v) is 4.18. The van der Waals surface area contributed by atoms with Crippen molar-refractivity contribution in [3.63, 3.8) is 0 Å². The quantitative estimate of drug-likeness (QED) is 0.163. The van der Waals surface area contributed by atoms with E-state index in [0.29, 0.717) is 33.3 Å². The standard InChI is InChI=1S/C22H15BrN2O7S/c1-3-8-32-20-14(9-15(23)11-18(20)31-2)10-19-21(27)24(22(28)33-19)12-17(26)13-4-6-16(7-5-13)25(29)30/h1,4-7,9-11H,8,12H2,2H3/b19-10+. The molecule has 1 saturated heterocycles. The summed E-state index contributed by atoms with van der Waals surface area (Å²) in [4.78, 5) is 48.9. The lowest BCUT2D eigenvalue weighted by molar-refractivity contribution is -0.384. The monoisotopic (exact) mass is 530 g/mol. The van der Waals surface area contributed by atoms with Crippen molar-refractivity contribution in [1.82, 2.24) is 4.90 Å². The zero-order valence-corrected chi connectivity index (χ0v) is 19.5. The summed E-state index contributed by atoms with van der Waals surface area (Å²) in [5.41, 5.74) is 0.418. The van der Waals surface area contributed by atoms with Gasteiger partial charge in [-0.2, -0.15) is 0 Å². The maximum absolute atomic E-state index is 12.9. The van der Waals surface area contributed by atoms with Gasteiger partial charge >= 0.3 is 0 Å². The maximum atomic E-state index is 12.9. The highest BCUT2D eigenvalue weighted by Gasteiger charge is 2.36. The normalized spacial score (nSPS) is 14.3. The van der Waals surface area contributed by atoms with Crippen LogP contribution < -0.4 is 9.47 Å². The maximum Gasteiger partial charge on any atom is 0.293 e. The van der Waals surface area contributed by atoms with Gasteiger partial charge in [0, 0.05) is 27.7 Å². The lowest BCUT2D eigenvalue weighted by Gasteiger charge is -2.13. The van der Waals surface area contributed by atoms with E-state index < -0.39 is 28.4 Å². The number of hydrogen-bond donors (Lipinski definition) is 0. The molecule has 2 aromatic carbocycles. The molecule has 0 aliphatic carbocycles. The molecule has 0 N–H and O–H groups in total. The fourth-order valence-electron chi connectivity index (χ4n) is 2.90. The first-order chi connectivity index (χ1) is 15.7. The summed E-state index contributed by atoms with van der Waals surface area (Å²) >= 11 is 4.03. The number of imide groups is 1. The first-order valence-electron chi connectivity index (χ1n) is 9.22. The van der Waals surface area contributed by atoms with E-state index in [9.17, 15) is 24.5 Å². The van der Waals surface area contributed by atoms with Crippen LogP contribution in [0.3, 0.4) is 0 Å². The minimum Gasteiger partial charge on any atom is -0.493 e. The number of halogens is 1. The Morgan fingerprint density at radius 2 is 2.00 bits per heavy atom. The highest BCUT2D eigenvalue weighted by Crippen LogP contribution is 2.39. The number of non-ortho nitro benzene ring substituents is 1. The number of nitro groups is 1. The predicted molar refractivity (Wildman–Crippen MR) is 125 cm³/mol. The van der Waals surface area contributed by atoms with Crippen molar-refractivity contribution in [2.24, 2.45) is 0 Å². The number of nitrogens with zero attached hydrogens (tertiary/aromatic N) is 2. The lowest BCUT2D eigenvalue weighted by Crippen LogP contribution is -2.33. The molecule has 2 amide bonds. The van der Waals surface area contributed by atoms with E-state index in [4.69, 9.17) is 15.9 Å². The van der Waals surface area contributed by atoms with Gasteiger partial charge in [0.15, 0.2) is 17.3 Å². The molecular formula is C22H15BrN2O7S. The number of ketones is 1. The van der Waals surface area contributed by atoms with Gasteiger partial charge in [-0.05, 0) is 42.1 Å². The highest BCUT2D eigenvalue weighted by atomic mass is 79.9. The zero-order valence-electron chi connectivity index (χ0n) is 17.1. The van der Waals surface area contributed by atoms with Crippen LogP contribution >= 0.6 is 27.7 Å². The molecule has 11 heteroatoms. The van der Waals surface area contributed by atoms with Crippen LogP contribution in [-0.2, 0) is 4.79 Å². The van der Waals surface area contributed by atoms with Crippen molar-refractivity contribution >= 4 is 56.4 Å². The Hall–Kier alpha value is -3.62. The van der Waals surface area contributed by atoms with E-state index in [-0.39, 0.29) is 22.8 Å². The largest absolute Gasteiger partial charge is 0.493 e. The van der Waals surface area contributed by atoms with Gasteiger partial charge in [-0.15, -0.1) is 6.42 Å². The number of methoxy groups -OCH3 is 1. The van der Waals surface area contributed by atoms with Crippen LogP contribution in [-0.4, -0.2) is 47.0 Å². The Morgan fingerprint density at radius 3 is 2.61 bits per heavy atom. The summed E-state index contributed by atoms with van der Waals surface area (Å²) in [6.45, 7) is -0.536. The van der Waals surface area contributed by atoms with Gasteiger partial charge in [0.25, 0.3) is 16.8 Å². The first-order valence-corrected chi connectivity index (χ1v) is 10.8. The van der Waals surface area contributed by atoms with Gasteiger partial charge in [0.05, 0.1) is 23.5 Å². The summed E-state index contributed by atoms with van der Waals surface area (Å²) < 4.78 is 11.5. The number of benzene rings is 2. The number of ether oxygens (including phenoxy) is 2. The van der Waals surface area contributed by atoms with Crippen molar-refractivity contribution in [3.05, 3.63) is 67.0 Å². The van der Waals surface area contributed by atoms with Crippen molar-refractivity contribution < 1.29 is 28.8 Å². The lowest BCUT2D eigenvalue weighted by atomic mass is 10.1. The molecular weight excluding hydrogens is 516 g/mol. The number of carbonyl (C=O) groups is 3. The molecule has 1 aliphatic rings. The average molecular weight is 531 g/mol. The van der Waals surface area contributed by atoms with E-state index >= 15 is 0 Å². The van der Waals surface area contributed by atoms with Gasteiger partial charge in [0.2, 0.25) is 0 Å². The van der Waals surface area contributed by atoms with E-state index in [1.165, 1.54) is 37.5 Å². The molecule has 168 valence electrons. The molecule has 0 spiro atoms. The second-order valence-electron chi connectivity index (χ2n) is 6.51. The van der Waals surface area contributed by atoms with Gasteiger partial charge in [0.1, 0.15) is 6.61 Å². The van der Waals surface area contributed by atoms with E-state index in [1.807, 2.05) is 0 Å². The number of thioether (sulfide) groups is 1. The number of amides is 2. The number of hydrogen-bond acceptors (Lipinski definition) is 8. The summed E-state index contributed by atoms with van der Waals surface area (Å²) in [5.74, 6) is 1.84. The summed E-state index contributed by atoms with van der Waals surface area (Å²) in [7, 11) is 1.45. The van der Waals surface area contributed by atoms with Crippen LogP contribution in [0.2, 0.25) is 0 Å². The molecule has 1 fully saturated rings.